The quantitative estimate of drug-likeness (QED) is 0.253. The van der Waals surface area contributed by atoms with Crippen LogP contribution in [0.25, 0.3) is 0 Å². The Labute approximate surface area is 164 Å². The van der Waals surface area contributed by atoms with Crippen LogP contribution in [0.5, 0.6) is 0 Å². The molecule has 0 aromatic rings. The number of allylic oxidation sites excluding steroid dienone is 9. The minimum absolute atomic E-state index is 0.635. The SMILES string of the molecule is CC=CC(=CC)OC(C)=CC=C(C)CN=C(C)/C(=C\C)N(C)C=C(C)Cl. The highest BCUT2D eigenvalue weighted by molar-refractivity contribution is 6.29. The first kappa shape index (κ1) is 24.0. The van der Waals surface area contributed by atoms with E-state index in [0.717, 1.165) is 33.5 Å². The van der Waals surface area contributed by atoms with Gasteiger partial charge in [-0.3, -0.25) is 4.99 Å². The third-order valence-electron chi connectivity index (χ3n) is 3.46. The summed E-state index contributed by atoms with van der Waals surface area (Å²) >= 11 is 5.96. The standard InChI is InChI=1S/C22H33ClN2O/c1-9-12-21(10-2)26-19(6)14-13-17(4)15-24-20(7)22(11-3)25(8)16-18(5)23/h9-14,16H,15H2,1-8H3/b12-9?,17-13?,18-16?,19-14?,21-10?,22-11+,24-20?. The van der Waals surface area contributed by atoms with E-state index in [9.17, 15) is 0 Å². The van der Waals surface area contributed by atoms with Gasteiger partial charge in [-0.2, -0.15) is 0 Å². The fraction of sp³-hybridized carbons (Fsp3) is 0.409. The number of hydrogen-bond acceptors (Lipinski definition) is 3. The molecule has 0 spiro atoms. The topological polar surface area (TPSA) is 24.8 Å². The van der Waals surface area contributed by atoms with Crippen LogP contribution in [0.3, 0.4) is 0 Å². The fourth-order valence-electron chi connectivity index (χ4n) is 2.21. The highest BCUT2D eigenvalue weighted by Gasteiger charge is 2.05. The first-order valence-corrected chi connectivity index (χ1v) is 9.18. The summed E-state index contributed by atoms with van der Waals surface area (Å²) < 4.78 is 5.76. The van der Waals surface area contributed by atoms with Crippen LogP contribution in [0.15, 0.2) is 75.5 Å². The maximum Gasteiger partial charge on any atom is 0.122 e. The van der Waals surface area contributed by atoms with Crippen molar-refractivity contribution >= 4 is 17.3 Å². The molecule has 0 fully saturated rings. The zero-order chi connectivity index (χ0) is 20.1. The van der Waals surface area contributed by atoms with Gasteiger partial charge in [-0.25, -0.2) is 0 Å². The van der Waals surface area contributed by atoms with Crippen LogP contribution in [0.2, 0.25) is 0 Å². The highest BCUT2D eigenvalue weighted by atomic mass is 35.5. The van der Waals surface area contributed by atoms with Gasteiger partial charge >= 0.3 is 0 Å². The third-order valence-corrected chi connectivity index (χ3v) is 3.56. The molecule has 3 nitrogen and oxygen atoms in total. The number of hydrogen-bond donors (Lipinski definition) is 0. The van der Waals surface area contributed by atoms with E-state index in [-0.39, 0.29) is 0 Å². The maximum absolute atomic E-state index is 5.96. The van der Waals surface area contributed by atoms with Gasteiger partial charge in [0.05, 0.1) is 18.0 Å². The van der Waals surface area contributed by atoms with Crippen molar-refractivity contribution in [3.05, 3.63) is 70.5 Å². The molecule has 0 aliphatic carbocycles. The molecule has 0 aromatic carbocycles. The van der Waals surface area contributed by atoms with Crippen LogP contribution < -0.4 is 0 Å². The molecule has 26 heavy (non-hydrogen) atoms. The lowest BCUT2D eigenvalue weighted by Gasteiger charge is -2.18. The van der Waals surface area contributed by atoms with Gasteiger partial charge in [0.25, 0.3) is 0 Å². The molecule has 0 rings (SSSR count). The van der Waals surface area contributed by atoms with E-state index in [4.69, 9.17) is 16.3 Å². The maximum atomic E-state index is 5.96. The summed E-state index contributed by atoms with van der Waals surface area (Å²) in [6.07, 6.45) is 13.8. The van der Waals surface area contributed by atoms with Crippen LogP contribution in [0, 0.1) is 0 Å². The molecule has 0 unspecified atom stereocenters. The van der Waals surface area contributed by atoms with Crippen molar-refractivity contribution in [1.29, 1.82) is 0 Å². The molecule has 0 radical (unpaired) electrons. The highest BCUT2D eigenvalue weighted by Crippen LogP contribution is 2.11. The van der Waals surface area contributed by atoms with Crippen LogP contribution in [-0.2, 0) is 4.74 Å². The molecule has 0 bridgehead atoms. The minimum atomic E-state index is 0.635. The first-order chi connectivity index (χ1) is 12.2. The molecular weight excluding hydrogens is 344 g/mol. The number of nitrogens with zero attached hydrogens (tertiary/aromatic N) is 2. The van der Waals surface area contributed by atoms with E-state index in [2.05, 4.69) is 11.9 Å². The van der Waals surface area contributed by atoms with E-state index in [1.54, 1.807) is 0 Å². The predicted octanol–water partition coefficient (Wildman–Crippen LogP) is 6.73. The average Bonchev–Trinajstić information content (AvgIpc) is 2.57. The summed E-state index contributed by atoms with van der Waals surface area (Å²) in [5, 5.41) is 0.731. The predicted molar refractivity (Wildman–Crippen MR) is 116 cm³/mol. The molecule has 0 atom stereocenters. The van der Waals surface area contributed by atoms with E-state index in [1.807, 2.05) is 96.1 Å². The molecule has 0 aliphatic rings. The van der Waals surface area contributed by atoms with E-state index >= 15 is 0 Å². The zero-order valence-corrected chi connectivity index (χ0v) is 18.2. The zero-order valence-electron chi connectivity index (χ0n) is 17.4. The Kier molecular flexibility index (Phi) is 12.2. The Bertz CT molecular complexity index is 658. The second-order valence-electron chi connectivity index (χ2n) is 5.99. The number of aliphatic imine (C=N–C) groups is 1. The lowest BCUT2D eigenvalue weighted by molar-refractivity contribution is 0.321. The lowest BCUT2D eigenvalue weighted by atomic mass is 10.2. The lowest BCUT2D eigenvalue weighted by Crippen LogP contribution is -2.17. The number of halogens is 1. The van der Waals surface area contributed by atoms with Crippen LogP contribution >= 0.6 is 11.6 Å². The number of rotatable bonds is 9. The Hall–Kier alpha value is -2.00. The molecule has 0 amide bonds. The molecule has 0 N–H and O–H groups in total. The Morgan fingerprint density at radius 1 is 1.04 bits per heavy atom. The van der Waals surface area contributed by atoms with Gasteiger partial charge in [-0.05, 0) is 66.7 Å². The van der Waals surface area contributed by atoms with Crippen LogP contribution in [-0.4, -0.2) is 24.2 Å². The van der Waals surface area contributed by atoms with Crippen molar-refractivity contribution in [2.75, 3.05) is 13.6 Å². The fourth-order valence-corrected chi connectivity index (χ4v) is 2.36. The largest absolute Gasteiger partial charge is 0.462 e. The van der Waals surface area contributed by atoms with Gasteiger partial charge < -0.3 is 9.64 Å². The van der Waals surface area contributed by atoms with Crippen molar-refractivity contribution in [3.63, 3.8) is 0 Å². The van der Waals surface area contributed by atoms with Crippen molar-refractivity contribution in [1.82, 2.24) is 4.90 Å². The molecular formula is C22H33ClN2O. The van der Waals surface area contributed by atoms with Crippen LogP contribution in [0.4, 0.5) is 0 Å². The molecule has 144 valence electrons. The molecule has 0 saturated carbocycles. The number of ether oxygens (including phenoxy) is 1. The van der Waals surface area contributed by atoms with Crippen LogP contribution in [0.1, 0.15) is 48.5 Å². The normalized spacial score (nSPS) is 15.7. The Balaban J connectivity index is 5.01. The summed E-state index contributed by atoms with van der Waals surface area (Å²) in [5.41, 5.74) is 3.16. The van der Waals surface area contributed by atoms with Gasteiger partial charge in [0, 0.05) is 18.3 Å². The monoisotopic (exact) mass is 376 g/mol. The summed E-state index contributed by atoms with van der Waals surface area (Å²) in [7, 11) is 1.97. The van der Waals surface area contributed by atoms with Crippen molar-refractivity contribution in [2.45, 2.75) is 48.5 Å². The van der Waals surface area contributed by atoms with Crippen molar-refractivity contribution in [2.24, 2.45) is 4.99 Å². The van der Waals surface area contributed by atoms with Gasteiger partial charge in [0.15, 0.2) is 0 Å². The average molecular weight is 377 g/mol. The van der Waals surface area contributed by atoms with E-state index < -0.39 is 0 Å². The molecule has 0 heterocycles. The van der Waals surface area contributed by atoms with Gasteiger partial charge in [0.2, 0.25) is 0 Å². The summed E-state index contributed by atoms with van der Waals surface area (Å²) in [6, 6.07) is 0. The smallest absolute Gasteiger partial charge is 0.122 e. The van der Waals surface area contributed by atoms with Crippen molar-refractivity contribution in [3.8, 4) is 0 Å². The second kappa shape index (κ2) is 13.2. The Morgan fingerprint density at radius 2 is 1.69 bits per heavy atom. The van der Waals surface area contributed by atoms with Gasteiger partial charge in [0.1, 0.15) is 11.5 Å². The minimum Gasteiger partial charge on any atom is -0.462 e. The summed E-state index contributed by atoms with van der Waals surface area (Å²) in [4.78, 5) is 6.67. The van der Waals surface area contributed by atoms with Gasteiger partial charge in [-0.15, -0.1) is 0 Å². The molecule has 0 saturated heterocycles. The first-order valence-electron chi connectivity index (χ1n) is 8.80. The van der Waals surface area contributed by atoms with E-state index in [1.165, 1.54) is 0 Å². The van der Waals surface area contributed by atoms with Crippen molar-refractivity contribution < 1.29 is 4.74 Å². The summed E-state index contributed by atoms with van der Waals surface area (Å²) in [5.74, 6) is 1.68. The second-order valence-corrected chi connectivity index (χ2v) is 6.58. The molecule has 0 aromatic heterocycles. The summed E-state index contributed by atoms with van der Waals surface area (Å²) in [6.45, 7) is 14.4. The molecule has 4 heteroatoms. The Morgan fingerprint density at radius 3 is 2.19 bits per heavy atom. The third kappa shape index (κ3) is 10.1. The van der Waals surface area contributed by atoms with E-state index in [0.29, 0.717) is 6.54 Å². The molecule has 0 aliphatic heterocycles. The van der Waals surface area contributed by atoms with Gasteiger partial charge in [-0.1, -0.05) is 35.4 Å².